The summed E-state index contributed by atoms with van der Waals surface area (Å²) in [7, 11) is 0. The van der Waals surface area contributed by atoms with Gasteiger partial charge in [-0.15, -0.1) is 0 Å². The highest BCUT2D eigenvalue weighted by Gasteiger charge is 2.22. The molecule has 0 saturated carbocycles. The molecule has 0 radical (unpaired) electrons. The van der Waals surface area contributed by atoms with Crippen LogP contribution in [0, 0.1) is 6.92 Å². The summed E-state index contributed by atoms with van der Waals surface area (Å²) in [6.07, 6.45) is 2.45. The van der Waals surface area contributed by atoms with E-state index in [1.807, 2.05) is 26.0 Å². The summed E-state index contributed by atoms with van der Waals surface area (Å²) < 4.78 is 0. The van der Waals surface area contributed by atoms with E-state index in [1.165, 1.54) is 0 Å². The quantitative estimate of drug-likeness (QED) is 0.722. The smallest absolute Gasteiger partial charge is 0.0895 e. The Hall–Kier alpha value is -0.930. The fraction of sp³-hybridized carbons (Fsp3) is 0.583. The second kappa shape index (κ2) is 5.24. The molecule has 0 spiro atoms. The van der Waals surface area contributed by atoms with Gasteiger partial charge in [0.15, 0.2) is 0 Å². The van der Waals surface area contributed by atoms with Crippen molar-refractivity contribution in [3.8, 4) is 0 Å². The van der Waals surface area contributed by atoms with E-state index in [4.69, 9.17) is 0 Å². The monoisotopic (exact) mass is 208 g/mol. The maximum Gasteiger partial charge on any atom is 0.0895 e. The number of aliphatic hydroxyl groups is 1. The van der Waals surface area contributed by atoms with Gasteiger partial charge in [-0.2, -0.15) is 0 Å². The van der Waals surface area contributed by atoms with Crippen molar-refractivity contribution in [3.05, 3.63) is 29.6 Å². The van der Waals surface area contributed by atoms with E-state index in [9.17, 15) is 5.11 Å². The lowest BCUT2D eigenvalue weighted by molar-refractivity contribution is 0.0478. The van der Waals surface area contributed by atoms with Crippen molar-refractivity contribution >= 4 is 0 Å². The van der Waals surface area contributed by atoms with Crippen molar-refractivity contribution in [3.63, 3.8) is 0 Å². The van der Waals surface area contributed by atoms with Gasteiger partial charge >= 0.3 is 0 Å². The van der Waals surface area contributed by atoms with E-state index in [0.29, 0.717) is 6.42 Å². The number of aryl methyl sites for hydroxylation is 1. The standard InChI is InChI=1S/C12H20N2O/c1-4-13-8-7-12(3,15)11-6-5-10(2)14-9-11/h5-6,9,13,15H,4,7-8H2,1-3H3. The second-order valence-corrected chi connectivity index (χ2v) is 4.07. The Labute approximate surface area is 91.5 Å². The van der Waals surface area contributed by atoms with Crippen LogP contribution < -0.4 is 5.32 Å². The summed E-state index contributed by atoms with van der Waals surface area (Å²) >= 11 is 0. The van der Waals surface area contributed by atoms with Gasteiger partial charge in [-0.25, -0.2) is 0 Å². The van der Waals surface area contributed by atoms with Gasteiger partial charge in [0.25, 0.3) is 0 Å². The van der Waals surface area contributed by atoms with E-state index in [1.54, 1.807) is 6.20 Å². The van der Waals surface area contributed by atoms with Gasteiger partial charge in [-0.1, -0.05) is 13.0 Å². The number of nitrogens with one attached hydrogen (secondary N) is 1. The molecule has 0 saturated heterocycles. The molecule has 0 aromatic carbocycles. The molecule has 1 atom stereocenters. The molecule has 84 valence electrons. The third-order valence-electron chi connectivity index (χ3n) is 2.57. The van der Waals surface area contributed by atoms with Crippen LogP contribution in [0.2, 0.25) is 0 Å². The maximum absolute atomic E-state index is 10.2. The summed E-state index contributed by atoms with van der Waals surface area (Å²) in [6.45, 7) is 7.58. The van der Waals surface area contributed by atoms with Crippen LogP contribution in [0.5, 0.6) is 0 Å². The maximum atomic E-state index is 10.2. The average molecular weight is 208 g/mol. The average Bonchev–Trinajstić information content (AvgIpc) is 2.18. The third kappa shape index (κ3) is 3.61. The Balaban J connectivity index is 2.63. The minimum atomic E-state index is -0.789. The molecule has 1 rings (SSSR count). The normalized spacial score (nSPS) is 14.9. The van der Waals surface area contributed by atoms with Crippen molar-refractivity contribution in [2.24, 2.45) is 0 Å². The topological polar surface area (TPSA) is 45.1 Å². The number of pyridine rings is 1. The van der Waals surface area contributed by atoms with Gasteiger partial charge in [-0.05, 0) is 39.4 Å². The zero-order valence-corrected chi connectivity index (χ0v) is 9.75. The first kappa shape index (κ1) is 12.1. The Bertz CT molecular complexity index is 293. The van der Waals surface area contributed by atoms with Crippen molar-refractivity contribution in [1.29, 1.82) is 0 Å². The Kier molecular flexibility index (Phi) is 4.24. The molecule has 15 heavy (non-hydrogen) atoms. The Morgan fingerprint density at radius 3 is 2.73 bits per heavy atom. The number of hydrogen-bond acceptors (Lipinski definition) is 3. The number of hydrogen-bond donors (Lipinski definition) is 2. The molecule has 0 aliphatic carbocycles. The van der Waals surface area contributed by atoms with Gasteiger partial charge in [0.05, 0.1) is 5.60 Å². The van der Waals surface area contributed by atoms with Crippen LogP contribution in [-0.2, 0) is 5.60 Å². The molecule has 2 N–H and O–H groups in total. The van der Waals surface area contributed by atoms with E-state index in [0.717, 1.165) is 24.3 Å². The first-order valence-corrected chi connectivity index (χ1v) is 5.42. The molecule has 0 amide bonds. The fourth-order valence-electron chi connectivity index (χ4n) is 1.44. The van der Waals surface area contributed by atoms with Crippen LogP contribution in [0.25, 0.3) is 0 Å². The molecule has 3 heteroatoms. The van der Waals surface area contributed by atoms with Crippen LogP contribution in [0.4, 0.5) is 0 Å². The molecule has 0 aliphatic heterocycles. The van der Waals surface area contributed by atoms with Gasteiger partial charge < -0.3 is 10.4 Å². The summed E-state index contributed by atoms with van der Waals surface area (Å²) in [5.41, 5.74) is 1.07. The lowest BCUT2D eigenvalue weighted by Gasteiger charge is -2.23. The van der Waals surface area contributed by atoms with Gasteiger partial charge in [0.1, 0.15) is 0 Å². The summed E-state index contributed by atoms with van der Waals surface area (Å²) in [6, 6.07) is 3.87. The van der Waals surface area contributed by atoms with Crippen LogP contribution >= 0.6 is 0 Å². The zero-order chi connectivity index (χ0) is 11.3. The first-order valence-electron chi connectivity index (χ1n) is 5.42. The van der Waals surface area contributed by atoms with Crippen LogP contribution in [0.3, 0.4) is 0 Å². The Morgan fingerprint density at radius 1 is 1.47 bits per heavy atom. The predicted octanol–water partition coefficient (Wildman–Crippen LogP) is 1.60. The largest absolute Gasteiger partial charge is 0.385 e. The van der Waals surface area contributed by atoms with Crippen molar-refractivity contribution in [2.75, 3.05) is 13.1 Å². The molecular formula is C12H20N2O. The summed E-state index contributed by atoms with van der Waals surface area (Å²) in [5.74, 6) is 0. The second-order valence-electron chi connectivity index (χ2n) is 4.07. The van der Waals surface area contributed by atoms with Crippen LogP contribution in [-0.4, -0.2) is 23.2 Å². The highest BCUT2D eigenvalue weighted by molar-refractivity contribution is 5.19. The SMILES string of the molecule is CCNCCC(C)(O)c1ccc(C)nc1. The predicted molar refractivity (Wildman–Crippen MR) is 61.7 cm³/mol. The lowest BCUT2D eigenvalue weighted by Crippen LogP contribution is -2.27. The summed E-state index contributed by atoms with van der Waals surface area (Å²) in [4.78, 5) is 4.19. The van der Waals surface area contributed by atoms with E-state index >= 15 is 0 Å². The van der Waals surface area contributed by atoms with Gasteiger partial charge in [0.2, 0.25) is 0 Å². The first-order chi connectivity index (χ1) is 7.06. The van der Waals surface area contributed by atoms with Crippen LogP contribution in [0.15, 0.2) is 18.3 Å². The number of nitrogens with zero attached hydrogens (tertiary/aromatic N) is 1. The molecule has 1 aromatic rings. The highest BCUT2D eigenvalue weighted by atomic mass is 16.3. The van der Waals surface area contributed by atoms with Crippen molar-refractivity contribution in [1.82, 2.24) is 10.3 Å². The third-order valence-corrected chi connectivity index (χ3v) is 2.57. The molecule has 1 aromatic heterocycles. The van der Waals surface area contributed by atoms with Crippen molar-refractivity contribution in [2.45, 2.75) is 32.8 Å². The minimum Gasteiger partial charge on any atom is -0.385 e. The number of rotatable bonds is 5. The molecule has 0 fully saturated rings. The van der Waals surface area contributed by atoms with Crippen LogP contribution in [0.1, 0.15) is 31.5 Å². The molecule has 1 heterocycles. The van der Waals surface area contributed by atoms with Crippen molar-refractivity contribution < 1.29 is 5.11 Å². The lowest BCUT2D eigenvalue weighted by atomic mass is 9.94. The van der Waals surface area contributed by atoms with E-state index < -0.39 is 5.60 Å². The highest BCUT2D eigenvalue weighted by Crippen LogP contribution is 2.23. The Morgan fingerprint density at radius 2 is 2.20 bits per heavy atom. The van der Waals surface area contributed by atoms with E-state index in [2.05, 4.69) is 17.2 Å². The van der Waals surface area contributed by atoms with E-state index in [-0.39, 0.29) is 0 Å². The molecular weight excluding hydrogens is 188 g/mol. The molecule has 1 unspecified atom stereocenters. The number of aromatic nitrogens is 1. The minimum absolute atomic E-state index is 0.700. The fourth-order valence-corrected chi connectivity index (χ4v) is 1.44. The molecule has 0 bridgehead atoms. The summed E-state index contributed by atoms with van der Waals surface area (Å²) in [5, 5.41) is 13.4. The molecule has 0 aliphatic rings. The van der Waals surface area contributed by atoms with Gasteiger partial charge in [0, 0.05) is 17.5 Å². The molecule has 3 nitrogen and oxygen atoms in total. The van der Waals surface area contributed by atoms with Gasteiger partial charge in [-0.3, -0.25) is 4.98 Å². The zero-order valence-electron chi connectivity index (χ0n) is 9.75.